The Kier molecular flexibility index (Phi) is 33.0. The molecule has 1 aliphatic heterocycles. The van der Waals surface area contributed by atoms with Crippen LogP contribution in [0, 0.1) is 23.3 Å². The number of rotatable bonds is 29. The molecule has 1 saturated heterocycles. The fourth-order valence-corrected chi connectivity index (χ4v) is 17.8. The summed E-state index contributed by atoms with van der Waals surface area (Å²) in [6.07, 6.45) is -3.57. The van der Waals surface area contributed by atoms with Crippen LogP contribution in [0.4, 0.5) is 36.7 Å². The van der Waals surface area contributed by atoms with E-state index in [1.54, 1.807) is 77.9 Å². The summed E-state index contributed by atoms with van der Waals surface area (Å²) in [5, 5.41) is 16.8. The Morgan fingerprint density at radius 2 is 0.619 bits per heavy atom. The predicted molar refractivity (Wildman–Crippen MR) is 505 cm³/mol. The third kappa shape index (κ3) is 26.3. The maximum absolute atomic E-state index is 13.5. The van der Waals surface area contributed by atoms with Crippen LogP contribution in [0.5, 0.6) is 0 Å². The van der Waals surface area contributed by atoms with E-state index in [-0.39, 0.29) is 102 Å². The van der Waals surface area contributed by atoms with Crippen LogP contribution < -0.4 is 16.0 Å². The fraction of sp³-hybridized carbons (Fsp3) is 0.259. The minimum absolute atomic E-state index is 0.0117. The van der Waals surface area contributed by atoms with Crippen LogP contribution in [0.1, 0.15) is 132 Å². The predicted octanol–water partition coefficient (Wildman–Crippen LogP) is 19.3. The summed E-state index contributed by atoms with van der Waals surface area (Å²) >= 11 is 0. The number of hydrogen-bond donors (Lipinski definition) is 4. The number of carboxylic acids is 1. The van der Waals surface area contributed by atoms with Crippen LogP contribution in [0.15, 0.2) is 291 Å². The molecule has 1 fully saturated rings. The van der Waals surface area contributed by atoms with Crippen LogP contribution in [0.3, 0.4) is 0 Å². The molecular weight excluding hydrogens is 1810 g/mol. The summed E-state index contributed by atoms with van der Waals surface area (Å²) in [5.74, 6) is -5.83. The molecule has 720 valence electrons. The van der Waals surface area contributed by atoms with Crippen molar-refractivity contribution in [3.8, 4) is 44.5 Å². The number of amides is 4. The number of aliphatic carboxylic acids is 1. The van der Waals surface area contributed by atoms with E-state index >= 15 is 0 Å². The summed E-state index contributed by atoms with van der Waals surface area (Å²) in [4.78, 5) is 100. The molecule has 12 aromatic carbocycles. The van der Waals surface area contributed by atoms with Crippen molar-refractivity contribution in [3.05, 3.63) is 381 Å². The van der Waals surface area contributed by atoms with Gasteiger partial charge in [-0.25, -0.2) is 55.9 Å². The molecule has 139 heavy (non-hydrogen) atoms. The van der Waals surface area contributed by atoms with Crippen LogP contribution in [-0.4, -0.2) is 154 Å². The first kappa shape index (κ1) is 100. The van der Waals surface area contributed by atoms with Crippen molar-refractivity contribution >= 4 is 58.6 Å². The van der Waals surface area contributed by atoms with Crippen molar-refractivity contribution in [1.82, 2.24) is 20.3 Å². The topological polar surface area (TPSA) is 332 Å². The van der Waals surface area contributed by atoms with Gasteiger partial charge in [0.15, 0.2) is 24.2 Å². The number of nitrogens with zero attached hydrogens (tertiary/aromatic N) is 1. The van der Waals surface area contributed by atoms with E-state index in [2.05, 4.69) is 28.1 Å². The number of carbonyl (C=O) groups excluding carboxylic acids is 7. The Bertz CT molecular complexity index is 6390. The number of carboxylic acid groups (broad SMARTS) is 1. The molecule has 0 aromatic heterocycles. The molecule has 5 aliphatic rings. The lowest BCUT2D eigenvalue weighted by Gasteiger charge is -2.25. The third-order valence-electron chi connectivity index (χ3n) is 22.9. The summed E-state index contributed by atoms with van der Waals surface area (Å²) in [6, 6.07) is 81.7. The number of nitrogens with one attached hydrogen (secondary N) is 3. The highest BCUT2D eigenvalue weighted by atomic mass is 32.2. The summed E-state index contributed by atoms with van der Waals surface area (Å²) in [5.41, 5.74) is 17.7. The van der Waals surface area contributed by atoms with Crippen LogP contribution >= 0.6 is 0 Å². The van der Waals surface area contributed by atoms with Gasteiger partial charge in [-0.2, -0.15) is 12.7 Å². The average Bonchev–Trinajstić information content (AvgIpc) is 1.63. The smallest absolute Gasteiger partial charge is 0.426 e. The first-order chi connectivity index (χ1) is 66.8. The number of hydrogen-bond acceptors (Lipinski definition) is 21. The van der Waals surface area contributed by atoms with Gasteiger partial charge in [0.05, 0.1) is 39.6 Å². The highest BCUT2D eigenvalue weighted by molar-refractivity contribution is 7.85. The van der Waals surface area contributed by atoms with E-state index in [1.807, 2.05) is 182 Å². The van der Waals surface area contributed by atoms with Crippen molar-refractivity contribution in [2.45, 2.75) is 127 Å². The molecule has 17 rings (SSSR count). The minimum atomic E-state index is -4.44. The number of alkyl carbamates (subject to hydrolysis) is 3. The molecule has 31 heteroatoms. The van der Waals surface area contributed by atoms with Gasteiger partial charge < -0.3 is 68.4 Å². The second-order valence-electron chi connectivity index (χ2n) is 35.0. The third-order valence-corrected chi connectivity index (χ3v) is 24.2. The SMILES string of the molecule is CC(C)(C)OC(=O)[C@@H]1COS(=O)(=O)N1C(=O)OCC1c2ccccc2-c2ccccc21.CC(C)(C)OC(=O)[C@H](COCc1cccc(F)c1)NC(=O)OCC1c2ccccc2-c2ccccc21.O=C(N[C@@H](COCc1cccc(F)c1)C(=O)O)OCC1c2ccccc2-c2ccccc21.O=C(N[C@@H](COCc1cccc(F)c1)C(=O)OCc1cccc(F)c1)OCC1c2ccccc2-c2ccccc21. The van der Waals surface area contributed by atoms with E-state index < -0.39 is 118 Å². The zero-order valence-corrected chi connectivity index (χ0v) is 77.5. The molecule has 0 unspecified atom stereocenters. The Hall–Kier alpha value is -14.9. The van der Waals surface area contributed by atoms with Gasteiger partial charge in [0, 0.05) is 23.7 Å². The Morgan fingerprint density at radius 3 is 0.906 bits per heavy atom. The van der Waals surface area contributed by atoms with E-state index in [0.717, 1.165) is 89.0 Å². The number of halogens is 4. The molecule has 0 bridgehead atoms. The molecule has 12 aromatic rings. The van der Waals surface area contributed by atoms with E-state index in [9.17, 15) is 69.4 Å². The van der Waals surface area contributed by atoms with Crippen molar-refractivity contribution in [3.63, 3.8) is 0 Å². The maximum Gasteiger partial charge on any atom is 0.426 e. The maximum atomic E-state index is 13.5. The van der Waals surface area contributed by atoms with E-state index in [0.29, 0.717) is 26.6 Å². The molecule has 4 amide bonds. The minimum Gasteiger partial charge on any atom is -0.480 e. The standard InChI is InChI=1S/C32H27F2NO5.C29H30FNO5.C25H22FNO5.C22H23NO7S/c33-23-9-5-7-21(15-23)17-38-20-30(31(36)39-18-22-8-6-10-24(34)16-22)35-32(37)40-19-29-27-13-3-1-11-25(27)26-12-2-4-14-28(26)29;1-29(2,3)36-27(32)26(18-34-16-19-9-8-10-20(30)15-19)31-28(33)35-17-25-23-13-6-4-11-21(23)22-12-5-7-14-24(22)25;26-17-7-5-6-16(12-17)13-31-15-23(24(28)29)27-25(30)32-14-22-20-10-3-1-8-18(20)19-9-2-4-11-21(19)22;1-22(2,3)30-20(24)19-13-29-31(26,27)23(19)21(25)28-12-18-16-10-6-4-8-14(16)15-9-5-7-11-17(15)18/h1-16,29-30H,17-20H2,(H,35,37);4-15,25-26H,16-18H2,1-3H3,(H,31,33);1-12,22-23H,13-15H2,(H,27,30)(H,28,29);4-11,18-19H,12-13H2,1-3H3/t30-;26-;23-;19-/m0000/s1. The molecular formula is C108H102F4N4O22S. The molecule has 4 aliphatic carbocycles. The molecule has 4 N–H and O–H groups in total. The Labute approximate surface area is 801 Å². The molecule has 0 radical (unpaired) electrons. The zero-order valence-electron chi connectivity index (χ0n) is 76.7. The number of fused-ring (bicyclic) bond motifs is 12. The van der Waals surface area contributed by atoms with Gasteiger partial charge in [0.25, 0.3) is 0 Å². The van der Waals surface area contributed by atoms with E-state index in [1.165, 1.54) is 60.7 Å². The van der Waals surface area contributed by atoms with E-state index in [4.69, 9.17) is 51.6 Å². The van der Waals surface area contributed by atoms with Crippen LogP contribution in [-0.2, 0) is 107 Å². The molecule has 26 nitrogen and oxygen atoms in total. The van der Waals surface area contributed by atoms with Crippen LogP contribution in [0.25, 0.3) is 44.5 Å². The average molecular weight is 1920 g/mol. The molecule has 4 atom stereocenters. The highest BCUT2D eigenvalue weighted by Gasteiger charge is 2.50. The monoisotopic (exact) mass is 1910 g/mol. The first-order valence-corrected chi connectivity index (χ1v) is 46.1. The van der Waals surface area contributed by atoms with Gasteiger partial charge in [-0.3, -0.25) is 4.18 Å². The summed E-state index contributed by atoms with van der Waals surface area (Å²) < 4.78 is 138. The Morgan fingerprint density at radius 1 is 0.353 bits per heavy atom. The first-order valence-electron chi connectivity index (χ1n) is 44.7. The lowest BCUT2D eigenvalue weighted by molar-refractivity contribution is -0.160. The number of ether oxygens (including phenoxy) is 10. The quantitative estimate of drug-likeness (QED) is 0.0192. The van der Waals surface area contributed by atoms with Gasteiger partial charge >= 0.3 is 58.6 Å². The summed E-state index contributed by atoms with van der Waals surface area (Å²) in [6.45, 7) is 9.05. The molecule has 0 spiro atoms. The summed E-state index contributed by atoms with van der Waals surface area (Å²) in [7, 11) is -4.44. The van der Waals surface area contributed by atoms with Gasteiger partial charge in [-0.05, 0) is 201 Å². The molecule has 0 saturated carbocycles. The normalized spacial score (nSPS) is 14.5. The highest BCUT2D eigenvalue weighted by Crippen LogP contribution is 2.49. The second-order valence-corrected chi connectivity index (χ2v) is 36.5. The largest absolute Gasteiger partial charge is 0.480 e. The number of esters is 3. The lowest BCUT2D eigenvalue weighted by atomic mass is 9.98. The zero-order chi connectivity index (χ0) is 98.5. The fourth-order valence-electron chi connectivity index (χ4n) is 16.7. The van der Waals surface area contributed by atoms with Crippen molar-refractivity contribution in [1.29, 1.82) is 0 Å². The number of carbonyl (C=O) groups is 8. The van der Waals surface area contributed by atoms with Crippen molar-refractivity contribution in [2.24, 2.45) is 0 Å². The number of benzene rings is 12. The molecule has 1 heterocycles. The Balaban J connectivity index is 0.000000148. The van der Waals surface area contributed by atoms with Gasteiger partial charge in [-0.1, -0.05) is 243 Å². The second kappa shape index (κ2) is 45.8. The van der Waals surface area contributed by atoms with Crippen molar-refractivity contribution < 1.29 is 121 Å². The van der Waals surface area contributed by atoms with Crippen LogP contribution in [0.2, 0.25) is 0 Å². The lowest BCUT2D eigenvalue weighted by Crippen LogP contribution is -2.47. The van der Waals surface area contributed by atoms with Crippen molar-refractivity contribution in [2.75, 3.05) is 52.9 Å². The van der Waals surface area contributed by atoms with Gasteiger partial charge in [0.1, 0.15) is 74.1 Å². The van der Waals surface area contributed by atoms with Gasteiger partial charge in [-0.15, -0.1) is 0 Å². The van der Waals surface area contributed by atoms with Gasteiger partial charge in [0.2, 0.25) is 0 Å².